The third kappa shape index (κ3) is 5.10. The van der Waals surface area contributed by atoms with Crippen molar-refractivity contribution in [1.29, 1.82) is 0 Å². The van der Waals surface area contributed by atoms with Gasteiger partial charge in [-0.2, -0.15) is 8.78 Å². The van der Waals surface area contributed by atoms with Crippen molar-refractivity contribution in [2.75, 3.05) is 6.54 Å². The van der Waals surface area contributed by atoms with Crippen LogP contribution in [0.25, 0.3) is 0 Å². The van der Waals surface area contributed by atoms with Gasteiger partial charge in [0.1, 0.15) is 5.75 Å². The number of hydrogen-bond donors (Lipinski definition) is 2. The summed E-state index contributed by atoms with van der Waals surface area (Å²) in [6, 6.07) is 6.09. The average Bonchev–Trinajstić information content (AvgIpc) is 2.89. The molecule has 7 heteroatoms. The minimum Gasteiger partial charge on any atom is -0.435 e. The van der Waals surface area contributed by atoms with Gasteiger partial charge in [0.05, 0.1) is 12.0 Å². The second-order valence-corrected chi connectivity index (χ2v) is 5.44. The quantitative estimate of drug-likeness (QED) is 0.840. The Morgan fingerprint density at radius 2 is 1.86 bits per heavy atom. The summed E-state index contributed by atoms with van der Waals surface area (Å²) in [7, 11) is 0. The molecule has 0 bridgehead atoms. The van der Waals surface area contributed by atoms with Crippen molar-refractivity contribution < 1.29 is 18.3 Å². The molecule has 1 saturated carbocycles. The molecule has 0 heterocycles. The van der Waals surface area contributed by atoms with Crippen LogP contribution in [-0.2, 0) is 11.2 Å². The Kier molecular flexibility index (Phi) is 7.03. The van der Waals surface area contributed by atoms with Crippen LogP contribution in [0.1, 0.15) is 31.2 Å². The molecule has 124 valence electrons. The molecule has 0 spiro atoms. The Bertz CT molecular complexity index is 477. The lowest BCUT2D eigenvalue weighted by molar-refractivity contribution is -0.122. The van der Waals surface area contributed by atoms with E-state index in [9.17, 15) is 13.6 Å². The van der Waals surface area contributed by atoms with Crippen LogP contribution >= 0.6 is 12.4 Å². The fourth-order valence-electron chi connectivity index (χ4n) is 2.75. The van der Waals surface area contributed by atoms with Crippen LogP contribution in [0, 0.1) is 0 Å². The van der Waals surface area contributed by atoms with Crippen LogP contribution in [0.3, 0.4) is 0 Å². The number of nitrogens with one attached hydrogen (secondary N) is 1. The van der Waals surface area contributed by atoms with Gasteiger partial charge in [0.15, 0.2) is 0 Å². The Morgan fingerprint density at radius 3 is 2.36 bits per heavy atom. The van der Waals surface area contributed by atoms with Gasteiger partial charge in [-0.05, 0) is 30.5 Å². The molecule has 0 radical (unpaired) electrons. The van der Waals surface area contributed by atoms with Gasteiger partial charge in [-0.1, -0.05) is 25.0 Å². The molecule has 1 aromatic carbocycles. The van der Waals surface area contributed by atoms with E-state index in [1.807, 2.05) is 0 Å². The molecule has 0 atom stereocenters. The molecular weight excluding hydrogens is 314 g/mol. The summed E-state index contributed by atoms with van der Waals surface area (Å²) in [5.41, 5.74) is 6.26. The number of carbonyl (C=O) groups is 1. The molecule has 3 N–H and O–H groups in total. The molecular formula is C15H21ClF2N2O2. The number of benzene rings is 1. The van der Waals surface area contributed by atoms with E-state index in [4.69, 9.17) is 5.73 Å². The van der Waals surface area contributed by atoms with Gasteiger partial charge in [-0.3, -0.25) is 4.79 Å². The van der Waals surface area contributed by atoms with Crippen molar-refractivity contribution in [3.63, 3.8) is 0 Å². The topological polar surface area (TPSA) is 64.3 Å². The van der Waals surface area contributed by atoms with E-state index in [1.54, 1.807) is 12.1 Å². The standard InChI is InChI=1S/C15H20F2N2O2.ClH/c16-14(17)21-12-5-3-11(4-6-12)9-13(20)19-15(10-18)7-1-2-8-15;/h3-6,14H,1-2,7-10,18H2,(H,19,20);1H. The Hall–Kier alpha value is -1.40. The lowest BCUT2D eigenvalue weighted by Crippen LogP contribution is -2.52. The number of hydrogen-bond acceptors (Lipinski definition) is 3. The molecule has 1 aliphatic rings. The van der Waals surface area contributed by atoms with Crippen LogP contribution in [0.4, 0.5) is 8.78 Å². The Balaban J connectivity index is 0.00000242. The maximum Gasteiger partial charge on any atom is 0.387 e. The Morgan fingerprint density at radius 1 is 1.27 bits per heavy atom. The number of nitrogens with two attached hydrogens (primary N) is 1. The lowest BCUT2D eigenvalue weighted by atomic mass is 9.97. The van der Waals surface area contributed by atoms with Crippen molar-refractivity contribution in [3.05, 3.63) is 29.8 Å². The number of alkyl halides is 2. The third-order valence-corrected chi connectivity index (χ3v) is 3.87. The largest absolute Gasteiger partial charge is 0.435 e. The fourth-order valence-corrected chi connectivity index (χ4v) is 2.75. The smallest absolute Gasteiger partial charge is 0.387 e. The molecule has 22 heavy (non-hydrogen) atoms. The molecule has 1 aliphatic carbocycles. The summed E-state index contributed by atoms with van der Waals surface area (Å²) >= 11 is 0. The van der Waals surface area contributed by atoms with E-state index in [0.29, 0.717) is 6.54 Å². The highest BCUT2D eigenvalue weighted by Gasteiger charge is 2.33. The summed E-state index contributed by atoms with van der Waals surface area (Å²) < 4.78 is 28.3. The van der Waals surface area contributed by atoms with Crippen LogP contribution < -0.4 is 15.8 Å². The molecule has 0 unspecified atom stereocenters. The second-order valence-electron chi connectivity index (χ2n) is 5.44. The zero-order valence-corrected chi connectivity index (χ0v) is 13.0. The van der Waals surface area contributed by atoms with Crippen LogP contribution in [0.5, 0.6) is 5.75 Å². The molecule has 4 nitrogen and oxygen atoms in total. The number of carbonyl (C=O) groups excluding carboxylic acids is 1. The van der Waals surface area contributed by atoms with Crippen molar-refractivity contribution in [2.24, 2.45) is 5.73 Å². The minimum absolute atomic E-state index is 0. The summed E-state index contributed by atoms with van der Waals surface area (Å²) in [6.07, 6.45) is 4.19. The van der Waals surface area contributed by atoms with Crippen LogP contribution in [0.2, 0.25) is 0 Å². The fraction of sp³-hybridized carbons (Fsp3) is 0.533. The van der Waals surface area contributed by atoms with Gasteiger partial charge in [-0.25, -0.2) is 0 Å². The summed E-state index contributed by atoms with van der Waals surface area (Å²) in [5, 5.41) is 3.02. The van der Waals surface area contributed by atoms with Crippen LogP contribution in [-0.4, -0.2) is 24.6 Å². The first-order valence-electron chi connectivity index (χ1n) is 7.08. The Labute approximate surface area is 134 Å². The minimum atomic E-state index is -2.84. The van der Waals surface area contributed by atoms with E-state index in [1.165, 1.54) is 12.1 Å². The van der Waals surface area contributed by atoms with E-state index >= 15 is 0 Å². The predicted octanol–water partition coefficient (Wildman–Crippen LogP) is 2.64. The molecule has 1 fully saturated rings. The van der Waals surface area contributed by atoms with Crippen molar-refractivity contribution in [3.8, 4) is 5.75 Å². The zero-order valence-electron chi connectivity index (χ0n) is 12.2. The van der Waals surface area contributed by atoms with Gasteiger partial charge < -0.3 is 15.8 Å². The lowest BCUT2D eigenvalue weighted by Gasteiger charge is -2.28. The van der Waals surface area contributed by atoms with Gasteiger partial charge in [0.2, 0.25) is 5.91 Å². The second kappa shape index (κ2) is 8.29. The normalized spacial score (nSPS) is 16.2. The van der Waals surface area contributed by atoms with E-state index in [-0.39, 0.29) is 36.0 Å². The molecule has 0 saturated heterocycles. The van der Waals surface area contributed by atoms with E-state index in [2.05, 4.69) is 10.1 Å². The van der Waals surface area contributed by atoms with Gasteiger partial charge in [0, 0.05) is 6.54 Å². The van der Waals surface area contributed by atoms with E-state index < -0.39 is 6.61 Å². The van der Waals surface area contributed by atoms with Gasteiger partial charge in [-0.15, -0.1) is 12.4 Å². The highest BCUT2D eigenvalue weighted by molar-refractivity contribution is 5.85. The average molecular weight is 335 g/mol. The van der Waals surface area contributed by atoms with Crippen molar-refractivity contribution in [1.82, 2.24) is 5.32 Å². The molecule has 1 amide bonds. The highest BCUT2D eigenvalue weighted by Crippen LogP contribution is 2.28. The van der Waals surface area contributed by atoms with Gasteiger partial charge in [0.25, 0.3) is 0 Å². The third-order valence-electron chi connectivity index (χ3n) is 3.87. The number of halogens is 3. The predicted molar refractivity (Wildman–Crippen MR) is 82.4 cm³/mol. The SMILES string of the molecule is Cl.NCC1(NC(=O)Cc2ccc(OC(F)F)cc2)CCCC1. The van der Waals surface area contributed by atoms with E-state index in [0.717, 1.165) is 31.2 Å². The summed E-state index contributed by atoms with van der Waals surface area (Å²) in [5.74, 6) is -0.00624. The zero-order chi connectivity index (χ0) is 15.3. The highest BCUT2D eigenvalue weighted by atomic mass is 35.5. The van der Waals surface area contributed by atoms with Crippen molar-refractivity contribution in [2.45, 2.75) is 44.3 Å². The first-order valence-corrected chi connectivity index (χ1v) is 7.08. The number of amides is 1. The molecule has 0 aliphatic heterocycles. The first kappa shape index (κ1) is 18.6. The monoisotopic (exact) mass is 334 g/mol. The first-order chi connectivity index (χ1) is 10.0. The summed E-state index contributed by atoms with van der Waals surface area (Å²) in [6.45, 7) is -2.40. The van der Waals surface area contributed by atoms with Gasteiger partial charge >= 0.3 is 6.61 Å². The number of ether oxygens (including phenoxy) is 1. The molecule has 2 rings (SSSR count). The molecule has 1 aromatic rings. The maximum atomic E-state index is 12.1. The van der Waals surface area contributed by atoms with Crippen LogP contribution in [0.15, 0.2) is 24.3 Å². The molecule has 0 aromatic heterocycles. The number of rotatable bonds is 6. The summed E-state index contributed by atoms with van der Waals surface area (Å²) in [4.78, 5) is 12.1. The van der Waals surface area contributed by atoms with Crippen molar-refractivity contribution >= 4 is 18.3 Å². The maximum absolute atomic E-state index is 12.1.